The predicted octanol–water partition coefficient (Wildman–Crippen LogP) is 4.08. The molecule has 4 aromatic heterocycles. The Hall–Kier alpha value is -3.78. The molecule has 166 valence electrons. The Morgan fingerprint density at radius 3 is 2.70 bits per heavy atom. The number of anilines is 1. The first kappa shape index (κ1) is 19.9. The molecule has 5 heterocycles. The van der Waals surface area contributed by atoms with Crippen molar-refractivity contribution in [2.24, 2.45) is 7.05 Å². The summed E-state index contributed by atoms with van der Waals surface area (Å²) in [6.07, 6.45) is 11.7. The maximum Gasteiger partial charge on any atom is 0.138 e. The van der Waals surface area contributed by atoms with Crippen LogP contribution >= 0.6 is 0 Å². The molecular weight excluding hydrogens is 412 g/mol. The van der Waals surface area contributed by atoms with Gasteiger partial charge in [-0.05, 0) is 62.3 Å². The number of benzene rings is 1. The molecule has 0 atom stereocenters. The lowest BCUT2D eigenvalue weighted by atomic mass is 9.98. The molecule has 6 rings (SSSR count). The molecule has 2 N–H and O–H groups in total. The van der Waals surface area contributed by atoms with E-state index in [9.17, 15) is 0 Å². The van der Waals surface area contributed by atoms with Crippen LogP contribution in [-0.4, -0.2) is 60.8 Å². The number of pyridine rings is 1. The first-order chi connectivity index (χ1) is 16.2. The van der Waals surface area contributed by atoms with Gasteiger partial charge in [0, 0.05) is 53.6 Å². The molecule has 0 bridgehead atoms. The van der Waals surface area contributed by atoms with Crippen LogP contribution in [-0.2, 0) is 7.05 Å². The lowest BCUT2D eigenvalue weighted by molar-refractivity contribution is 0.264. The normalized spacial score (nSPS) is 15.5. The Balaban J connectivity index is 1.44. The summed E-state index contributed by atoms with van der Waals surface area (Å²) in [5.74, 6) is 0.904. The minimum absolute atomic E-state index is 0.428. The van der Waals surface area contributed by atoms with Gasteiger partial charge in [0.1, 0.15) is 17.8 Å². The third kappa shape index (κ3) is 3.62. The maximum atomic E-state index is 4.61. The Morgan fingerprint density at radius 1 is 1.00 bits per heavy atom. The van der Waals surface area contributed by atoms with Crippen molar-refractivity contribution >= 4 is 27.8 Å². The minimum atomic E-state index is 0.428. The molecule has 0 aliphatic carbocycles. The van der Waals surface area contributed by atoms with Gasteiger partial charge in [-0.2, -0.15) is 5.10 Å². The fraction of sp³-hybridized carbons (Fsp3) is 0.280. The average Bonchev–Trinajstić information content (AvgIpc) is 3.47. The van der Waals surface area contributed by atoms with Crippen molar-refractivity contribution in [3.05, 3.63) is 55.4 Å². The van der Waals surface area contributed by atoms with Gasteiger partial charge in [0.25, 0.3) is 0 Å². The monoisotopic (exact) mass is 438 g/mol. The summed E-state index contributed by atoms with van der Waals surface area (Å²) in [5, 5.41) is 10.2. The predicted molar refractivity (Wildman–Crippen MR) is 131 cm³/mol. The Labute approximate surface area is 191 Å². The number of aromatic amines is 1. The van der Waals surface area contributed by atoms with E-state index in [4.69, 9.17) is 0 Å². The van der Waals surface area contributed by atoms with Crippen molar-refractivity contribution < 1.29 is 0 Å². The summed E-state index contributed by atoms with van der Waals surface area (Å²) in [4.78, 5) is 19.4. The zero-order valence-electron chi connectivity index (χ0n) is 18.8. The molecule has 0 radical (unpaired) electrons. The smallest absolute Gasteiger partial charge is 0.138 e. The SMILES string of the molecule is CN1CCC(Nc2ncnc3ccc(-c4c[nH]c5nccc(-c6cnn(C)c6)c45)cc23)CC1. The zero-order chi connectivity index (χ0) is 22.4. The van der Waals surface area contributed by atoms with E-state index >= 15 is 0 Å². The first-order valence-electron chi connectivity index (χ1n) is 11.3. The van der Waals surface area contributed by atoms with Crippen LogP contribution in [0.4, 0.5) is 5.82 Å². The third-order valence-electron chi connectivity index (χ3n) is 6.60. The lowest BCUT2D eigenvalue weighted by Gasteiger charge is -2.30. The summed E-state index contributed by atoms with van der Waals surface area (Å²) in [5.41, 5.74) is 6.19. The van der Waals surface area contributed by atoms with Crippen molar-refractivity contribution in [2.75, 3.05) is 25.5 Å². The van der Waals surface area contributed by atoms with Gasteiger partial charge in [0.2, 0.25) is 0 Å². The van der Waals surface area contributed by atoms with Crippen molar-refractivity contribution in [1.82, 2.24) is 34.6 Å². The average molecular weight is 439 g/mol. The molecule has 1 aliphatic rings. The van der Waals surface area contributed by atoms with Gasteiger partial charge in [-0.15, -0.1) is 0 Å². The van der Waals surface area contributed by atoms with Gasteiger partial charge in [-0.25, -0.2) is 15.0 Å². The van der Waals surface area contributed by atoms with Gasteiger partial charge in [0.05, 0.1) is 11.7 Å². The van der Waals surface area contributed by atoms with Crippen LogP contribution in [0.15, 0.2) is 55.4 Å². The quantitative estimate of drug-likeness (QED) is 0.440. The van der Waals surface area contributed by atoms with Crippen molar-refractivity contribution in [2.45, 2.75) is 18.9 Å². The molecule has 8 heteroatoms. The fourth-order valence-electron chi connectivity index (χ4n) is 4.77. The van der Waals surface area contributed by atoms with Crippen LogP contribution in [0.2, 0.25) is 0 Å². The van der Waals surface area contributed by atoms with E-state index in [2.05, 4.69) is 60.5 Å². The standard InChI is InChI=1S/C25H26N8/c1-32-9-6-18(7-10-32)31-24-20-11-16(3-4-22(20)28-15-29-24)21-13-27-25-23(21)19(5-8-26-25)17-12-30-33(2)14-17/h3-5,8,11-15,18H,6-7,9-10H2,1-2H3,(H,26,27)(H,28,29,31). The number of nitrogens with one attached hydrogen (secondary N) is 2. The molecule has 1 aliphatic heterocycles. The van der Waals surface area contributed by atoms with Crippen LogP contribution in [0.1, 0.15) is 12.8 Å². The van der Waals surface area contributed by atoms with Crippen LogP contribution in [0.5, 0.6) is 0 Å². The van der Waals surface area contributed by atoms with E-state index in [1.807, 2.05) is 42.6 Å². The number of aromatic nitrogens is 6. The molecular formula is C25H26N8. The largest absolute Gasteiger partial charge is 0.367 e. The molecule has 5 aromatic rings. The third-order valence-corrected chi connectivity index (χ3v) is 6.60. The van der Waals surface area contributed by atoms with Crippen molar-refractivity contribution in [3.8, 4) is 22.3 Å². The highest BCUT2D eigenvalue weighted by atomic mass is 15.2. The summed E-state index contributed by atoms with van der Waals surface area (Å²) in [6.45, 7) is 2.21. The molecule has 1 fully saturated rings. The highest BCUT2D eigenvalue weighted by Gasteiger charge is 2.19. The van der Waals surface area contributed by atoms with Gasteiger partial charge >= 0.3 is 0 Å². The van der Waals surface area contributed by atoms with E-state index in [0.717, 1.165) is 75.9 Å². The van der Waals surface area contributed by atoms with Crippen LogP contribution < -0.4 is 5.32 Å². The fourth-order valence-corrected chi connectivity index (χ4v) is 4.77. The number of aryl methyl sites for hydroxylation is 1. The molecule has 0 saturated carbocycles. The second-order valence-electron chi connectivity index (χ2n) is 8.86. The van der Waals surface area contributed by atoms with Crippen LogP contribution in [0, 0.1) is 0 Å². The highest BCUT2D eigenvalue weighted by molar-refractivity contribution is 6.05. The topological polar surface area (TPSA) is 87.5 Å². The van der Waals surface area contributed by atoms with Gasteiger partial charge in [-0.3, -0.25) is 4.68 Å². The number of nitrogens with zero attached hydrogens (tertiary/aromatic N) is 6. The van der Waals surface area contributed by atoms with E-state index in [1.165, 1.54) is 0 Å². The van der Waals surface area contributed by atoms with E-state index in [0.29, 0.717) is 6.04 Å². The number of piperidine rings is 1. The summed E-state index contributed by atoms with van der Waals surface area (Å²) in [7, 11) is 4.11. The zero-order valence-corrected chi connectivity index (χ0v) is 18.8. The Bertz CT molecular complexity index is 1440. The van der Waals surface area contributed by atoms with Crippen molar-refractivity contribution in [1.29, 1.82) is 0 Å². The molecule has 1 saturated heterocycles. The second-order valence-corrected chi connectivity index (χ2v) is 8.86. The summed E-state index contributed by atoms with van der Waals surface area (Å²) >= 11 is 0. The molecule has 0 amide bonds. The number of hydrogen-bond donors (Lipinski definition) is 2. The Kier molecular flexibility index (Phi) is 4.80. The van der Waals surface area contributed by atoms with E-state index < -0.39 is 0 Å². The minimum Gasteiger partial charge on any atom is -0.367 e. The number of rotatable bonds is 4. The van der Waals surface area contributed by atoms with Crippen LogP contribution in [0.25, 0.3) is 44.2 Å². The molecule has 0 unspecified atom stereocenters. The van der Waals surface area contributed by atoms with Crippen LogP contribution in [0.3, 0.4) is 0 Å². The number of H-pyrrole nitrogens is 1. The lowest BCUT2D eigenvalue weighted by Crippen LogP contribution is -2.36. The van der Waals surface area contributed by atoms with Gasteiger partial charge in [-0.1, -0.05) is 6.07 Å². The maximum absolute atomic E-state index is 4.61. The van der Waals surface area contributed by atoms with Gasteiger partial charge < -0.3 is 15.2 Å². The van der Waals surface area contributed by atoms with Crippen molar-refractivity contribution in [3.63, 3.8) is 0 Å². The highest BCUT2D eigenvalue weighted by Crippen LogP contribution is 2.37. The first-order valence-corrected chi connectivity index (χ1v) is 11.3. The number of hydrogen-bond acceptors (Lipinski definition) is 6. The second kappa shape index (κ2) is 7.97. The molecule has 0 spiro atoms. The Morgan fingerprint density at radius 2 is 1.88 bits per heavy atom. The van der Waals surface area contributed by atoms with E-state index in [-0.39, 0.29) is 0 Å². The molecule has 8 nitrogen and oxygen atoms in total. The summed E-state index contributed by atoms with van der Waals surface area (Å²) < 4.78 is 1.82. The molecule has 1 aromatic carbocycles. The van der Waals surface area contributed by atoms with Gasteiger partial charge in [0.15, 0.2) is 0 Å². The number of likely N-dealkylation sites (tertiary alicyclic amines) is 1. The summed E-state index contributed by atoms with van der Waals surface area (Å²) in [6, 6.07) is 8.86. The molecule has 33 heavy (non-hydrogen) atoms. The van der Waals surface area contributed by atoms with E-state index in [1.54, 1.807) is 6.33 Å². The number of fused-ring (bicyclic) bond motifs is 2.